The second kappa shape index (κ2) is 43.9. The van der Waals surface area contributed by atoms with Gasteiger partial charge in [-0.25, -0.2) is 0 Å². The summed E-state index contributed by atoms with van der Waals surface area (Å²) >= 11 is 0. The molecule has 2 aromatic rings. The molecule has 384 valence electrons. The summed E-state index contributed by atoms with van der Waals surface area (Å²) in [7, 11) is 0. The normalized spacial score (nSPS) is 13.1. The molecule has 0 heterocycles. The Morgan fingerprint density at radius 2 is 0.642 bits per heavy atom. The molecule has 2 aromatic carbocycles. The van der Waals surface area contributed by atoms with Gasteiger partial charge in [0.05, 0.1) is 26.4 Å². The number of hydrogen-bond donors (Lipinski definition) is 0. The fraction of sp³-hybridized carbons (Fsp3) is 0.724. The zero-order chi connectivity index (χ0) is 48.1. The highest BCUT2D eigenvalue weighted by Crippen LogP contribution is 2.29. The monoisotopic (exact) mass is 939 g/mol. The van der Waals surface area contributed by atoms with Crippen molar-refractivity contribution in [2.24, 2.45) is 0 Å². The Kier molecular flexibility index (Phi) is 39.1. The molecule has 0 spiro atoms. The highest BCUT2D eigenvalue weighted by molar-refractivity contribution is 5.17. The number of allylic oxidation sites excluding steroid dienone is 2. The van der Waals surface area contributed by atoms with Crippen LogP contribution in [0.4, 0.5) is 0 Å². The summed E-state index contributed by atoms with van der Waals surface area (Å²) < 4.78 is 58.0. The molecule has 0 aliphatic rings. The molecule has 67 heavy (non-hydrogen) atoms. The minimum atomic E-state index is -0.809. The van der Waals surface area contributed by atoms with Crippen LogP contribution in [-0.4, -0.2) is 40.0 Å². The Hall–Kier alpha value is -3.40. The highest BCUT2D eigenvalue weighted by atomic mass is 16.8. The summed E-state index contributed by atoms with van der Waals surface area (Å²) in [6, 6.07) is 19.8. The van der Waals surface area contributed by atoms with Crippen LogP contribution in [0.1, 0.15) is 245 Å². The van der Waals surface area contributed by atoms with E-state index >= 15 is 0 Å². The standard InChI is InChI=1S/C58H98O9/c1-7-13-17-21-25-35-45-60-53(39-11-5)57(62-47-37-27-23-19-15-9-3)66-55(51-41-31-29-32-42-51)64-49-59-50-65-56(52-43-33-30-34-44-52)67-58(63-48-38-28-24-20-16-10-4)54(40-12-6)61-46-36-26-22-18-14-8-2/h29-34,41-44,55-56H,7-28,35-40,45-50H2,1-6H3. The molecule has 0 fully saturated rings. The van der Waals surface area contributed by atoms with Gasteiger partial charge in [0.2, 0.25) is 12.6 Å². The number of ether oxygens (including phenoxy) is 9. The van der Waals surface area contributed by atoms with Crippen molar-refractivity contribution in [1.29, 1.82) is 0 Å². The van der Waals surface area contributed by atoms with Gasteiger partial charge in [-0.2, -0.15) is 0 Å². The summed E-state index contributed by atoms with van der Waals surface area (Å²) in [6.45, 7) is 15.4. The van der Waals surface area contributed by atoms with Crippen molar-refractivity contribution < 1.29 is 42.6 Å². The van der Waals surface area contributed by atoms with E-state index in [1.807, 2.05) is 60.7 Å². The molecule has 0 amide bonds. The first-order valence-electron chi connectivity index (χ1n) is 27.3. The third-order valence-corrected chi connectivity index (χ3v) is 11.6. The second-order valence-corrected chi connectivity index (χ2v) is 17.9. The van der Waals surface area contributed by atoms with Gasteiger partial charge in [-0.15, -0.1) is 0 Å². The summed E-state index contributed by atoms with van der Waals surface area (Å²) in [4.78, 5) is 0. The van der Waals surface area contributed by atoms with Crippen LogP contribution in [0.2, 0.25) is 0 Å². The number of unbranched alkanes of at least 4 members (excludes halogenated alkanes) is 20. The fourth-order valence-electron chi connectivity index (χ4n) is 7.60. The smallest absolute Gasteiger partial charge is 0.321 e. The first-order chi connectivity index (χ1) is 33.1. The van der Waals surface area contributed by atoms with Gasteiger partial charge in [-0.3, -0.25) is 0 Å². The molecule has 0 saturated carbocycles. The SMILES string of the molecule is CCCCCCCCOC(CCC)=C(OCCCCCCCC)OC(OCOCOC(OC(OCCCCCCCC)=C(CCC)OCCCCCCCC)c1ccccc1)c1ccccc1. The Morgan fingerprint density at radius 3 is 0.955 bits per heavy atom. The van der Waals surface area contributed by atoms with Gasteiger partial charge in [0.15, 0.2) is 25.1 Å². The van der Waals surface area contributed by atoms with Crippen molar-refractivity contribution in [2.75, 3.05) is 40.0 Å². The predicted octanol–water partition coefficient (Wildman–Crippen LogP) is 17.8. The van der Waals surface area contributed by atoms with E-state index < -0.39 is 12.6 Å². The highest BCUT2D eigenvalue weighted by Gasteiger charge is 2.23. The Morgan fingerprint density at radius 1 is 0.343 bits per heavy atom. The predicted molar refractivity (Wildman–Crippen MR) is 275 cm³/mol. The van der Waals surface area contributed by atoms with E-state index in [-0.39, 0.29) is 13.6 Å². The first kappa shape index (κ1) is 59.7. The topological polar surface area (TPSA) is 83.1 Å². The van der Waals surface area contributed by atoms with Crippen molar-refractivity contribution in [2.45, 2.75) is 234 Å². The van der Waals surface area contributed by atoms with Gasteiger partial charge in [-0.05, 0) is 38.5 Å². The lowest BCUT2D eigenvalue weighted by atomic mass is 10.1. The molecule has 2 atom stereocenters. The van der Waals surface area contributed by atoms with Crippen LogP contribution in [0.3, 0.4) is 0 Å². The van der Waals surface area contributed by atoms with E-state index in [2.05, 4.69) is 41.5 Å². The maximum atomic E-state index is 6.67. The molecule has 0 aliphatic carbocycles. The largest absolute Gasteiger partial charge is 0.491 e. The molecule has 2 rings (SSSR count). The van der Waals surface area contributed by atoms with Crippen LogP contribution in [0.15, 0.2) is 84.1 Å². The van der Waals surface area contributed by atoms with E-state index in [1.165, 1.54) is 103 Å². The van der Waals surface area contributed by atoms with Crippen molar-refractivity contribution in [1.82, 2.24) is 0 Å². The van der Waals surface area contributed by atoms with Crippen molar-refractivity contribution in [3.63, 3.8) is 0 Å². The number of rotatable bonds is 48. The van der Waals surface area contributed by atoms with E-state index in [9.17, 15) is 0 Å². The van der Waals surface area contributed by atoms with Crippen LogP contribution in [0, 0.1) is 0 Å². The van der Waals surface area contributed by atoms with Gasteiger partial charge >= 0.3 is 11.9 Å². The van der Waals surface area contributed by atoms with Crippen LogP contribution in [0.25, 0.3) is 0 Å². The average Bonchev–Trinajstić information content (AvgIpc) is 3.35. The lowest BCUT2D eigenvalue weighted by Crippen LogP contribution is -2.18. The molecular weight excluding hydrogens is 841 g/mol. The quantitative estimate of drug-likeness (QED) is 0.0366. The Balaban J connectivity index is 2.25. The minimum Gasteiger partial charge on any atom is -0.491 e. The Labute approximate surface area is 410 Å². The first-order valence-corrected chi connectivity index (χ1v) is 27.3. The Bertz CT molecular complexity index is 1320. The molecule has 0 radical (unpaired) electrons. The lowest BCUT2D eigenvalue weighted by molar-refractivity contribution is -0.253. The van der Waals surface area contributed by atoms with Crippen LogP contribution >= 0.6 is 0 Å². The molecule has 2 unspecified atom stereocenters. The fourth-order valence-corrected chi connectivity index (χ4v) is 7.60. The van der Waals surface area contributed by atoms with Crippen molar-refractivity contribution in [3.8, 4) is 0 Å². The molecule has 0 bridgehead atoms. The van der Waals surface area contributed by atoms with Crippen molar-refractivity contribution in [3.05, 3.63) is 95.2 Å². The molecule has 0 aliphatic heterocycles. The maximum Gasteiger partial charge on any atom is 0.321 e. The number of benzene rings is 2. The second-order valence-electron chi connectivity index (χ2n) is 17.9. The minimum absolute atomic E-state index is 0.104. The average molecular weight is 939 g/mol. The van der Waals surface area contributed by atoms with Crippen LogP contribution in [0.5, 0.6) is 0 Å². The van der Waals surface area contributed by atoms with Gasteiger partial charge in [0, 0.05) is 24.0 Å². The molecule has 9 nitrogen and oxygen atoms in total. The van der Waals surface area contributed by atoms with Gasteiger partial charge < -0.3 is 42.6 Å². The van der Waals surface area contributed by atoms with Crippen molar-refractivity contribution >= 4 is 0 Å². The molecule has 9 heteroatoms. The van der Waals surface area contributed by atoms with Gasteiger partial charge in [0.25, 0.3) is 0 Å². The lowest BCUT2D eigenvalue weighted by Gasteiger charge is -2.25. The zero-order valence-corrected chi connectivity index (χ0v) is 43.6. The molecule has 0 aromatic heterocycles. The third kappa shape index (κ3) is 30.7. The van der Waals surface area contributed by atoms with E-state index in [0.717, 1.165) is 86.9 Å². The zero-order valence-electron chi connectivity index (χ0n) is 43.6. The summed E-state index contributed by atoms with van der Waals surface area (Å²) in [5, 5.41) is 0. The number of hydrogen-bond acceptors (Lipinski definition) is 9. The van der Waals surface area contributed by atoms with Crippen LogP contribution in [-0.2, 0) is 42.6 Å². The van der Waals surface area contributed by atoms with E-state index in [0.29, 0.717) is 51.2 Å². The van der Waals surface area contributed by atoms with Gasteiger partial charge in [-0.1, -0.05) is 231 Å². The molecular formula is C58H98O9. The third-order valence-electron chi connectivity index (χ3n) is 11.6. The summed E-state index contributed by atoms with van der Waals surface area (Å²) in [6.07, 6.45) is 30.0. The molecule has 0 N–H and O–H groups in total. The maximum absolute atomic E-state index is 6.67. The van der Waals surface area contributed by atoms with E-state index in [1.54, 1.807) is 0 Å². The molecule has 0 saturated heterocycles. The summed E-state index contributed by atoms with van der Waals surface area (Å²) in [5.74, 6) is 2.26. The van der Waals surface area contributed by atoms with E-state index in [4.69, 9.17) is 42.6 Å². The van der Waals surface area contributed by atoms with Gasteiger partial charge in [0.1, 0.15) is 0 Å². The summed E-state index contributed by atoms with van der Waals surface area (Å²) in [5.41, 5.74) is 1.68. The van der Waals surface area contributed by atoms with Crippen LogP contribution < -0.4 is 0 Å².